The molecular weight excluding hydrogens is 336 g/mol. The van der Waals surface area contributed by atoms with Crippen molar-refractivity contribution in [3.63, 3.8) is 0 Å². The van der Waals surface area contributed by atoms with E-state index in [2.05, 4.69) is 16.4 Å². The van der Waals surface area contributed by atoms with E-state index >= 15 is 0 Å². The zero-order valence-corrected chi connectivity index (χ0v) is 14.5. The predicted molar refractivity (Wildman–Crippen MR) is 90.4 cm³/mol. The first-order valence-corrected chi connectivity index (χ1v) is 9.68. The average molecular weight is 359 g/mol. The summed E-state index contributed by atoms with van der Waals surface area (Å²) in [6.45, 7) is -0.324. The summed E-state index contributed by atoms with van der Waals surface area (Å²) in [6, 6.07) is 4.58. The molecule has 0 unspecified atom stereocenters. The van der Waals surface area contributed by atoms with Gasteiger partial charge in [-0.3, -0.25) is 0 Å². The van der Waals surface area contributed by atoms with Crippen molar-refractivity contribution in [2.45, 2.75) is 52.1 Å². The number of benzene rings is 1. The number of hydrogen-bond acceptors (Lipinski definition) is 3. The van der Waals surface area contributed by atoms with Gasteiger partial charge in [0.05, 0.1) is 4.91 Å². The number of hydrogen-bond donors (Lipinski definition) is 1. The molecule has 4 nitrogen and oxygen atoms in total. The fourth-order valence-electron chi connectivity index (χ4n) is 2.68. The molecule has 1 N–H and O–H groups in total. The lowest BCUT2D eigenvalue weighted by atomic mass is 9.97. The highest BCUT2D eigenvalue weighted by Gasteiger charge is 2.21. The van der Waals surface area contributed by atoms with Crippen LogP contribution in [0.4, 0.5) is 8.78 Å². The molecule has 0 saturated heterocycles. The number of allylic oxidation sites excluding steroid dienone is 1. The van der Waals surface area contributed by atoms with Gasteiger partial charge in [0.15, 0.2) is 0 Å². The maximum atomic E-state index is 12.3. The normalized spacial score (nSPS) is 14.4. The summed E-state index contributed by atoms with van der Waals surface area (Å²) >= 11 is 0. The van der Waals surface area contributed by atoms with Crippen LogP contribution in [0, 0.1) is 0 Å². The van der Waals surface area contributed by atoms with Gasteiger partial charge in [0.1, 0.15) is 5.75 Å². The molecule has 0 aliphatic heterocycles. The molecule has 24 heavy (non-hydrogen) atoms. The summed E-state index contributed by atoms with van der Waals surface area (Å²) in [5.41, 5.74) is 1.55. The molecule has 7 heteroatoms. The summed E-state index contributed by atoms with van der Waals surface area (Å²) < 4.78 is 56.2. The Bertz CT molecular complexity index is 687. The van der Waals surface area contributed by atoms with Crippen molar-refractivity contribution in [1.82, 2.24) is 4.72 Å². The molecule has 1 aromatic carbocycles. The maximum absolute atomic E-state index is 12.3. The first kappa shape index (κ1) is 18.9. The van der Waals surface area contributed by atoms with Gasteiger partial charge in [-0.15, -0.1) is 0 Å². The van der Waals surface area contributed by atoms with Crippen LogP contribution in [0.3, 0.4) is 0 Å². The molecule has 0 aromatic heterocycles. The van der Waals surface area contributed by atoms with Crippen molar-refractivity contribution in [2.24, 2.45) is 0 Å². The molecule has 0 spiro atoms. The van der Waals surface area contributed by atoms with Gasteiger partial charge in [0, 0.05) is 6.54 Å². The van der Waals surface area contributed by atoms with Crippen LogP contribution in [-0.4, -0.2) is 21.6 Å². The fourth-order valence-corrected chi connectivity index (χ4v) is 3.93. The van der Waals surface area contributed by atoms with Gasteiger partial charge in [-0.05, 0) is 48.6 Å². The Morgan fingerprint density at radius 3 is 2.71 bits per heavy atom. The van der Waals surface area contributed by atoms with Crippen LogP contribution >= 0.6 is 0 Å². The van der Waals surface area contributed by atoms with Gasteiger partial charge in [0.25, 0.3) is 0 Å². The van der Waals surface area contributed by atoms with Crippen LogP contribution in [0.1, 0.15) is 50.2 Å². The average Bonchev–Trinajstić information content (AvgIpc) is 2.53. The van der Waals surface area contributed by atoms with Gasteiger partial charge >= 0.3 is 6.61 Å². The van der Waals surface area contributed by atoms with Gasteiger partial charge in [0.2, 0.25) is 10.0 Å². The molecule has 1 aliphatic rings. The second-order valence-electron chi connectivity index (χ2n) is 5.81. The topological polar surface area (TPSA) is 55.4 Å². The lowest BCUT2D eigenvalue weighted by Crippen LogP contribution is -2.27. The number of nitrogens with one attached hydrogen (secondary N) is 1. The van der Waals surface area contributed by atoms with Gasteiger partial charge < -0.3 is 4.74 Å². The number of sulfonamides is 1. The Morgan fingerprint density at radius 2 is 2.00 bits per heavy atom. The van der Waals surface area contributed by atoms with Crippen molar-refractivity contribution >= 4 is 16.1 Å². The number of rotatable bonds is 9. The standard InChI is InChI=1S/C17H23F2NO3S/c1-2-3-4-5-10-20-24(21,22)16-9-7-13-11-15(23-17(18)19)8-6-14(13)12-16/h6,8,11-12,17,20H,2-5,7,9-10H2,1H3. The first-order chi connectivity index (χ1) is 11.4. The highest BCUT2D eigenvalue weighted by Crippen LogP contribution is 2.30. The predicted octanol–water partition coefficient (Wildman–Crippen LogP) is 4.07. The zero-order valence-electron chi connectivity index (χ0n) is 13.7. The van der Waals surface area contributed by atoms with Crippen LogP contribution in [0.5, 0.6) is 5.75 Å². The van der Waals surface area contributed by atoms with Gasteiger partial charge in [-0.25, -0.2) is 13.1 Å². The lowest BCUT2D eigenvalue weighted by molar-refractivity contribution is -0.0498. The minimum atomic E-state index is -3.48. The van der Waals surface area contributed by atoms with Crippen molar-refractivity contribution in [3.8, 4) is 5.75 Å². The van der Waals surface area contributed by atoms with Crippen LogP contribution in [0.25, 0.3) is 6.08 Å². The summed E-state index contributed by atoms with van der Waals surface area (Å²) in [4.78, 5) is 0.341. The monoisotopic (exact) mass is 359 g/mol. The molecule has 1 aliphatic carbocycles. The van der Waals surface area contributed by atoms with E-state index in [9.17, 15) is 17.2 Å². The van der Waals surface area contributed by atoms with Crippen molar-refractivity contribution < 1.29 is 21.9 Å². The van der Waals surface area contributed by atoms with Gasteiger partial charge in [-0.1, -0.05) is 32.3 Å². The molecule has 0 radical (unpaired) electrons. The molecule has 134 valence electrons. The number of unbranched alkanes of at least 4 members (excludes halogenated alkanes) is 3. The molecule has 1 aromatic rings. The summed E-state index contributed by atoms with van der Waals surface area (Å²) in [6.07, 6.45) is 6.49. The Balaban J connectivity index is 2.04. The molecule has 0 saturated carbocycles. The third kappa shape index (κ3) is 5.27. The van der Waals surface area contributed by atoms with Crippen molar-refractivity contribution in [3.05, 3.63) is 34.2 Å². The number of fused-ring (bicyclic) bond motifs is 1. The Morgan fingerprint density at radius 1 is 1.21 bits per heavy atom. The molecule has 0 bridgehead atoms. The third-order valence-electron chi connectivity index (χ3n) is 3.96. The quantitative estimate of drug-likeness (QED) is 0.676. The SMILES string of the molecule is CCCCCCNS(=O)(=O)C1=Cc2ccc(OC(F)F)cc2CC1. The molecule has 2 rings (SSSR count). The summed E-state index contributed by atoms with van der Waals surface area (Å²) in [5.74, 6) is 0.0949. The van der Waals surface area contributed by atoms with Gasteiger partial charge in [-0.2, -0.15) is 8.78 Å². The van der Waals surface area contributed by atoms with Crippen LogP contribution in [0.2, 0.25) is 0 Å². The Kier molecular flexibility index (Phi) is 6.74. The van der Waals surface area contributed by atoms with E-state index < -0.39 is 16.6 Å². The number of halogens is 2. The van der Waals surface area contributed by atoms with E-state index in [4.69, 9.17) is 0 Å². The molecule has 0 heterocycles. The van der Waals surface area contributed by atoms with E-state index in [1.807, 2.05) is 0 Å². The van der Waals surface area contributed by atoms with E-state index in [-0.39, 0.29) is 5.75 Å². The zero-order chi connectivity index (χ0) is 17.6. The highest BCUT2D eigenvalue weighted by atomic mass is 32.2. The minimum Gasteiger partial charge on any atom is -0.435 e. The van der Waals surface area contributed by atoms with E-state index in [1.165, 1.54) is 6.07 Å². The third-order valence-corrected chi connectivity index (χ3v) is 5.56. The lowest BCUT2D eigenvalue weighted by Gasteiger charge is -2.18. The van der Waals surface area contributed by atoms with Crippen LogP contribution < -0.4 is 9.46 Å². The minimum absolute atomic E-state index is 0.0949. The maximum Gasteiger partial charge on any atom is 0.387 e. The fraction of sp³-hybridized carbons (Fsp3) is 0.529. The Hall–Kier alpha value is -1.47. The van der Waals surface area contributed by atoms with E-state index in [1.54, 1.807) is 18.2 Å². The smallest absolute Gasteiger partial charge is 0.387 e. The largest absolute Gasteiger partial charge is 0.435 e. The van der Waals surface area contributed by atoms with Crippen molar-refractivity contribution in [2.75, 3.05) is 6.54 Å². The number of alkyl halides is 2. The number of aryl methyl sites for hydroxylation is 1. The van der Waals surface area contributed by atoms with Crippen LogP contribution in [-0.2, 0) is 16.4 Å². The molecular formula is C17H23F2NO3S. The number of ether oxygens (including phenoxy) is 1. The molecule has 0 amide bonds. The second-order valence-corrected chi connectivity index (χ2v) is 7.63. The molecule has 0 atom stereocenters. The summed E-state index contributed by atoms with van der Waals surface area (Å²) in [7, 11) is -3.48. The first-order valence-electron chi connectivity index (χ1n) is 8.20. The second kappa shape index (κ2) is 8.58. The Labute approximate surface area is 142 Å². The van der Waals surface area contributed by atoms with E-state index in [0.717, 1.165) is 36.8 Å². The highest BCUT2D eigenvalue weighted by molar-refractivity contribution is 7.93. The van der Waals surface area contributed by atoms with E-state index in [0.29, 0.717) is 24.3 Å². The summed E-state index contributed by atoms with van der Waals surface area (Å²) in [5, 5.41) is 0. The van der Waals surface area contributed by atoms with Crippen molar-refractivity contribution in [1.29, 1.82) is 0 Å². The van der Waals surface area contributed by atoms with Crippen LogP contribution in [0.15, 0.2) is 23.1 Å². The molecule has 0 fully saturated rings.